The summed E-state index contributed by atoms with van der Waals surface area (Å²) in [5, 5.41) is 16.6. The van der Waals surface area contributed by atoms with Gasteiger partial charge in [0.15, 0.2) is 22.8 Å². The fraction of sp³-hybridized carbons (Fsp3) is 0.537. The number of fused-ring (bicyclic) bond motifs is 2. The normalized spacial score (nSPS) is 31.5. The van der Waals surface area contributed by atoms with E-state index in [0.717, 1.165) is 12.0 Å². The average Bonchev–Trinajstić information content (AvgIpc) is 3.58. The Morgan fingerprint density at radius 3 is 2.43 bits per heavy atom. The molecule has 12 nitrogen and oxygen atoms in total. The molecule has 1 aromatic carbocycles. The molecule has 3 saturated carbocycles. The van der Waals surface area contributed by atoms with Crippen molar-refractivity contribution in [3.63, 3.8) is 0 Å². The topological polar surface area (TPSA) is 165 Å². The van der Waals surface area contributed by atoms with E-state index >= 15 is 9.59 Å². The largest absolute Gasteiger partial charge is 0.506 e. The van der Waals surface area contributed by atoms with Crippen LogP contribution in [0.5, 0.6) is 17.2 Å². The van der Waals surface area contributed by atoms with Gasteiger partial charge in [-0.05, 0) is 93.2 Å². The van der Waals surface area contributed by atoms with E-state index in [9.17, 15) is 9.90 Å². The van der Waals surface area contributed by atoms with E-state index in [1.807, 2.05) is 52.8 Å². The van der Waals surface area contributed by atoms with Gasteiger partial charge in [0.05, 0.1) is 30.2 Å². The number of methoxy groups -OCH3 is 1. The number of carbonyl (C=O) groups excluding carboxylic acids is 3. The number of Topliss-reactive ketones (excluding diaryl/α,β-unsaturated/α-hetero) is 2. The fourth-order valence-electron chi connectivity index (χ4n) is 9.69. The first-order valence-corrected chi connectivity index (χ1v) is 18.4. The number of nitrogen functional groups attached to an aromatic ring is 1. The van der Waals surface area contributed by atoms with Crippen molar-refractivity contribution < 1.29 is 38.4 Å². The molecule has 3 aliphatic carbocycles. The third kappa shape index (κ3) is 5.30. The molecule has 1 spiro atoms. The van der Waals surface area contributed by atoms with Crippen LogP contribution in [0, 0.1) is 17.8 Å². The second-order valence-corrected chi connectivity index (χ2v) is 16.5. The van der Waals surface area contributed by atoms with Gasteiger partial charge in [-0.15, -0.1) is 5.10 Å². The summed E-state index contributed by atoms with van der Waals surface area (Å²) >= 11 is 0. The van der Waals surface area contributed by atoms with Crippen LogP contribution in [0.25, 0.3) is 6.08 Å². The molecule has 1 aromatic heterocycles. The lowest BCUT2D eigenvalue weighted by atomic mass is 9.45. The number of phenolic OH excluding ortho intramolecular Hbond substituents is 1. The summed E-state index contributed by atoms with van der Waals surface area (Å²) in [6, 6.07) is -0.831. The quantitative estimate of drug-likeness (QED) is 0.166. The Morgan fingerprint density at radius 1 is 1.08 bits per heavy atom. The minimum Gasteiger partial charge on any atom is -0.506 e. The molecule has 0 radical (unpaired) electrons. The highest BCUT2D eigenvalue weighted by atomic mass is 16.6. The maximum atomic E-state index is 15.6. The van der Waals surface area contributed by atoms with Gasteiger partial charge in [-0.25, -0.2) is 14.5 Å². The Morgan fingerprint density at radius 2 is 1.79 bits per heavy atom. The molecule has 0 amide bonds. The number of esters is 1. The van der Waals surface area contributed by atoms with Crippen LogP contribution in [0.4, 0.5) is 5.95 Å². The minimum atomic E-state index is -1.68. The van der Waals surface area contributed by atoms with E-state index in [-0.39, 0.29) is 35.2 Å². The Kier molecular flexibility index (Phi) is 8.59. The average molecular weight is 727 g/mol. The van der Waals surface area contributed by atoms with E-state index < -0.39 is 58.0 Å². The number of allylic oxidation sites excluding steroid dienone is 4. The molecule has 7 unspecified atom stereocenters. The number of phenols is 1. The van der Waals surface area contributed by atoms with Gasteiger partial charge in [-0.1, -0.05) is 29.4 Å². The molecule has 7 atom stereocenters. The highest BCUT2D eigenvalue weighted by Crippen LogP contribution is 2.72. The maximum absolute atomic E-state index is 15.6. The third-order valence-electron chi connectivity index (χ3n) is 12.1. The summed E-state index contributed by atoms with van der Waals surface area (Å²) in [6.45, 7) is 15.5. The number of hydrogen-bond donors (Lipinski definition) is 2. The zero-order valence-corrected chi connectivity index (χ0v) is 32.0. The summed E-state index contributed by atoms with van der Waals surface area (Å²) in [5.41, 5.74) is 4.68. The zero-order valence-electron chi connectivity index (χ0n) is 32.0. The monoisotopic (exact) mass is 726 g/mol. The van der Waals surface area contributed by atoms with Crippen molar-refractivity contribution in [2.24, 2.45) is 17.8 Å². The Labute approximate surface area is 310 Å². The van der Waals surface area contributed by atoms with Crippen LogP contribution in [-0.2, 0) is 25.5 Å². The van der Waals surface area contributed by atoms with E-state index in [0.29, 0.717) is 41.7 Å². The molecule has 4 fully saturated rings. The molecule has 1 saturated heterocycles. The molecule has 6 aliphatic rings. The van der Waals surface area contributed by atoms with Crippen molar-refractivity contribution in [2.75, 3.05) is 12.8 Å². The Bertz CT molecular complexity index is 2050. The minimum absolute atomic E-state index is 0.000673. The number of rotatable bonds is 9. The van der Waals surface area contributed by atoms with Gasteiger partial charge in [-0.3, -0.25) is 9.59 Å². The first-order chi connectivity index (χ1) is 24.9. The van der Waals surface area contributed by atoms with Gasteiger partial charge >= 0.3 is 5.97 Å². The Balaban J connectivity index is 1.50. The van der Waals surface area contributed by atoms with Crippen molar-refractivity contribution in [1.29, 1.82) is 0 Å². The SMILES string of the molecule is COC(=O)C(C)=CCC12OC(C)(C)C3CC(C1=O)C(n1cnc(N)n1)C1C(=O)c4c(O)c5c(c(CC=C(C)C)c4OC132)OC(C)(CCC=C(C)C)C=C5. The van der Waals surface area contributed by atoms with Gasteiger partial charge in [0.25, 0.3) is 0 Å². The molecule has 282 valence electrons. The maximum Gasteiger partial charge on any atom is 0.333 e. The summed E-state index contributed by atoms with van der Waals surface area (Å²) < 4.78 is 27.7. The molecule has 2 aromatic rings. The second kappa shape index (κ2) is 12.4. The van der Waals surface area contributed by atoms with Gasteiger partial charge in [0.2, 0.25) is 5.95 Å². The molecular weight excluding hydrogens is 676 g/mol. The first kappa shape index (κ1) is 36.6. The van der Waals surface area contributed by atoms with Gasteiger partial charge in [-0.2, -0.15) is 0 Å². The van der Waals surface area contributed by atoms with Crippen LogP contribution in [0.3, 0.4) is 0 Å². The smallest absolute Gasteiger partial charge is 0.333 e. The van der Waals surface area contributed by atoms with Crippen LogP contribution >= 0.6 is 0 Å². The highest BCUT2D eigenvalue weighted by molar-refractivity contribution is 6.10. The number of ether oxygens (including phenoxy) is 4. The summed E-state index contributed by atoms with van der Waals surface area (Å²) in [6.07, 6.45) is 13.1. The number of ketones is 2. The fourth-order valence-corrected chi connectivity index (χ4v) is 9.69. The van der Waals surface area contributed by atoms with Crippen molar-refractivity contribution in [3.05, 3.63) is 64.0 Å². The van der Waals surface area contributed by atoms with Gasteiger partial charge in [0, 0.05) is 29.4 Å². The predicted octanol–water partition coefficient (Wildman–Crippen LogP) is 6.43. The molecular formula is C41H50N4O8. The van der Waals surface area contributed by atoms with Crippen molar-refractivity contribution in [1.82, 2.24) is 14.8 Å². The predicted molar refractivity (Wildman–Crippen MR) is 198 cm³/mol. The number of benzene rings is 1. The van der Waals surface area contributed by atoms with E-state index in [1.54, 1.807) is 13.0 Å². The number of nitrogens with zero attached hydrogens (tertiary/aromatic N) is 3. The van der Waals surface area contributed by atoms with Crippen LogP contribution < -0.4 is 15.2 Å². The summed E-state index contributed by atoms with van der Waals surface area (Å²) in [4.78, 5) is 47.5. The highest BCUT2D eigenvalue weighted by Gasteiger charge is 2.86. The molecule has 53 heavy (non-hydrogen) atoms. The van der Waals surface area contributed by atoms with Crippen molar-refractivity contribution in [3.8, 4) is 17.2 Å². The molecule has 12 heteroatoms. The van der Waals surface area contributed by atoms with Crippen LogP contribution in [-0.4, -0.2) is 66.9 Å². The molecule has 4 heterocycles. The van der Waals surface area contributed by atoms with Crippen LogP contribution in [0.15, 0.2) is 47.4 Å². The number of aromatic nitrogens is 3. The first-order valence-electron chi connectivity index (χ1n) is 18.4. The second-order valence-electron chi connectivity index (χ2n) is 16.5. The Hall–Kier alpha value is -4.71. The van der Waals surface area contributed by atoms with Crippen molar-refractivity contribution in [2.45, 2.75) is 116 Å². The standard InChI is InChI=1S/C41H50N4O8/c1-21(2)11-10-16-39(8)17-15-24-31(46)28-32(47)29-30(45-20-43-37(42)44-45)26-19-27-38(6,7)53-40(35(26)48,18-14-23(5)36(49)50-9)41(27,29)52-34(28)25(33(24)51-39)13-12-22(3)4/h11-12,14-15,17,20,26-27,29-30,46H,10,13,16,18-19H2,1-9H3,(H2,42,44). The molecule has 4 bridgehead atoms. The summed E-state index contributed by atoms with van der Waals surface area (Å²) in [5.74, 6) is -3.05. The number of hydrogen-bond acceptors (Lipinski definition) is 11. The molecule has 3 aliphatic heterocycles. The summed E-state index contributed by atoms with van der Waals surface area (Å²) in [7, 11) is 1.30. The van der Waals surface area contributed by atoms with E-state index in [1.165, 1.54) is 23.7 Å². The lowest BCUT2D eigenvalue weighted by Crippen LogP contribution is -2.78. The zero-order chi connectivity index (χ0) is 38.4. The van der Waals surface area contributed by atoms with Crippen molar-refractivity contribution >= 4 is 29.6 Å². The lowest BCUT2D eigenvalue weighted by Gasteiger charge is -2.62. The van der Waals surface area contributed by atoms with Gasteiger partial charge in [0.1, 0.15) is 34.7 Å². The van der Waals surface area contributed by atoms with E-state index in [2.05, 4.69) is 30.0 Å². The van der Waals surface area contributed by atoms with E-state index in [4.69, 9.17) is 24.7 Å². The number of nitrogens with two attached hydrogens (primary N) is 1. The number of anilines is 1. The number of carbonyl (C=O) groups is 3. The molecule has 8 rings (SSSR count). The lowest BCUT2D eigenvalue weighted by molar-refractivity contribution is -0.209. The number of aromatic hydroxyl groups is 1. The third-order valence-corrected chi connectivity index (χ3v) is 12.1. The van der Waals surface area contributed by atoms with Gasteiger partial charge < -0.3 is 29.8 Å². The van der Waals surface area contributed by atoms with Crippen LogP contribution in [0.2, 0.25) is 0 Å². The molecule has 3 N–H and O–H groups in total. The van der Waals surface area contributed by atoms with Crippen LogP contribution in [0.1, 0.15) is 109 Å².